The van der Waals surface area contributed by atoms with Gasteiger partial charge in [-0.05, 0) is 145 Å². The van der Waals surface area contributed by atoms with Crippen LogP contribution < -0.4 is 21.3 Å². The topological polar surface area (TPSA) is 153 Å². The first-order valence-electron chi connectivity index (χ1n) is 20.5. The Morgan fingerprint density at radius 2 is 1.56 bits per heavy atom. The van der Waals surface area contributed by atoms with Gasteiger partial charge in [0.1, 0.15) is 11.6 Å². The van der Waals surface area contributed by atoms with Gasteiger partial charge in [-0.2, -0.15) is 0 Å². The van der Waals surface area contributed by atoms with E-state index < -0.39 is 17.7 Å². The van der Waals surface area contributed by atoms with E-state index in [1.54, 1.807) is 31.2 Å². The Labute approximate surface area is 338 Å². The van der Waals surface area contributed by atoms with Gasteiger partial charge in [0, 0.05) is 61.0 Å². The zero-order valence-electron chi connectivity index (χ0n) is 34.8. The number of nitrogens with zero attached hydrogens (tertiary/aromatic N) is 1. The van der Waals surface area contributed by atoms with Crippen molar-refractivity contribution < 1.29 is 23.9 Å². The quantitative estimate of drug-likeness (QED) is 0.113. The van der Waals surface area contributed by atoms with Crippen LogP contribution in [0.15, 0.2) is 66.7 Å². The molecule has 1 aliphatic heterocycles. The van der Waals surface area contributed by atoms with Crippen molar-refractivity contribution in [1.82, 2.24) is 20.9 Å². The third-order valence-electron chi connectivity index (χ3n) is 11.1. The van der Waals surface area contributed by atoms with Crippen LogP contribution in [0.5, 0.6) is 0 Å². The van der Waals surface area contributed by atoms with Crippen LogP contribution in [0.4, 0.5) is 10.5 Å². The van der Waals surface area contributed by atoms with Crippen LogP contribution in [0.25, 0.3) is 11.1 Å². The summed E-state index contributed by atoms with van der Waals surface area (Å²) in [5, 5.41) is 20.1. The molecule has 0 spiro atoms. The maximum atomic E-state index is 13.9. The zero-order valence-corrected chi connectivity index (χ0v) is 34.8. The van der Waals surface area contributed by atoms with Crippen molar-refractivity contribution >= 4 is 35.2 Å². The molecule has 306 valence electrons. The maximum absolute atomic E-state index is 13.9. The summed E-state index contributed by atoms with van der Waals surface area (Å²) < 4.78 is 5.37. The lowest BCUT2D eigenvalue weighted by Crippen LogP contribution is -2.48. The van der Waals surface area contributed by atoms with Crippen molar-refractivity contribution in [1.29, 1.82) is 5.41 Å². The molecule has 1 atom stereocenters. The van der Waals surface area contributed by atoms with Crippen LogP contribution >= 0.6 is 0 Å². The minimum Gasteiger partial charge on any atom is -0.444 e. The van der Waals surface area contributed by atoms with Crippen molar-refractivity contribution in [2.75, 3.05) is 25.0 Å². The molecular weight excluding hydrogens is 717 g/mol. The van der Waals surface area contributed by atoms with Gasteiger partial charge in [-0.25, -0.2) is 4.79 Å². The highest BCUT2D eigenvalue weighted by molar-refractivity contribution is 5.99. The van der Waals surface area contributed by atoms with E-state index in [1.807, 2.05) is 70.2 Å². The molecule has 0 radical (unpaired) electrons. The fourth-order valence-electron chi connectivity index (χ4n) is 7.70. The monoisotopic (exact) mass is 778 g/mol. The number of aryl methyl sites for hydroxylation is 1. The Morgan fingerprint density at radius 1 is 0.877 bits per heavy atom. The highest BCUT2D eigenvalue weighted by Gasteiger charge is 2.31. The lowest BCUT2D eigenvalue weighted by molar-refractivity contribution is -0.130. The van der Waals surface area contributed by atoms with Crippen molar-refractivity contribution in [3.05, 3.63) is 89.0 Å². The number of piperidine rings is 1. The first-order chi connectivity index (χ1) is 27.0. The maximum Gasteiger partial charge on any atom is 0.407 e. The summed E-state index contributed by atoms with van der Waals surface area (Å²) in [7, 11) is 0. The van der Waals surface area contributed by atoms with Crippen LogP contribution in [0, 0.1) is 24.2 Å². The molecule has 3 aromatic rings. The molecule has 1 saturated heterocycles. The highest BCUT2D eigenvalue weighted by Crippen LogP contribution is 2.30. The Balaban J connectivity index is 1.28. The van der Waals surface area contributed by atoms with Crippen LogP contribution in [-0.4, -0.2) is 77.8 Å². The van der Waals surface area contributed by atoms with E-state index in [0.29, 0.717) is 42.4 Å². The molecule has 57 heavy (non-hydrogen) atoms. The van der Waals surface area contributed by atoms with E-state index in [0.717, 1.165) is 66.6 Å². The van der Waals surface area contributed by atoms with E-state index in [2.05, 4.69) is 40.0 Å². The third-order valence-corrected chi connectivity index (χ3v) is 11.1. The van der Waals surface area contributed by atoms with E-state index in [-0.39, 0.29) is 42.0 Å². The Kier molecular flexibility index (Phi) is 14.7. The molecule has 1 heterocycles. The summed E-state index contributed by atoms with van der Waals surface area (Å²) in [5.74, 6) is -0.586. The number of ether oxygens (including phenoxy) is 1. The Morgan fingerprint density at radius 3 is 2.19 bits per heavy atom. The molecule has 2 fully saturated rings. The van der Waals surface area contributed by atoms with Gasteiger partial charge in [0.25, 0.3) is 5.91 Å². The second-order valence-electron chi connectivity index (χ2n) is 17.2. The van der Waals surface area contributed by atoms with Crippen LogP contribution in [0.3, 0.4) is 0 Å². The summed E-state index contributed by atoms with van der Waals surface area (Å²) in [5.41, 5.74) is 5.55. The summed E-state index contributed by atoms with van der Waals surface area (Å²) >= 11 is 0. The standard InChI is InChI=1S/C46H62N6O5/c1-29(2)52-23-21-39(22-24-52)49-43(54)37-10-8-9-36(27-37)40-25-33(12-11-30(40)3)26-41(44(55)50-38-19-17-34(18-20-38)31(4)47)51-42(53)35-15-13-32(14-16-35)28-48-45(56)57-46(5,6)7/h8-12,17-20,25,27,29,32,35,39,41,47H,13-16,21-24,26,28H2,1-7H3,(H,48,56)(H,49,54)(H,50,55)(H,51,53)/t32?,35?,41-/m0/s1. The number of anilines is 1. The molecule has 0 bridgehead atoms. The lowest BCUT2D eigenvalue weighted by atomic mass is 9.81. The summed E-state index contributed by atoms with van der Waals surface area (Å²) in [6.07, 6.45) is 4.54. The fraction of sp³-hybridized carbons (Fsp3) is 0.500. The molecule has 3 aromatic carbocycles. The van der Waals surface area contributed by atoms with Gasteiger partial charge in [-0.1, -0.05) is 42.5 Å². The number of benzene rings is 3. The van der Waals surface area contributed by atoms with E-state index >= 15 is 0 Å². The number of carbonyl (C=O) groups excluding carboxylic acids is 4. The van der Waals surface area contributed by atoms with Crippen molar-refractivity contribution in [3.8, 4) is 11.1 Å². The van der Waals surface area contributed by atoms with Gasteiger partial charge in [0.2, 0.25) is 11.8 Å². The van der Waals surface area contributed by atoms with Crippen LogP contribution in [0.1, 0.15) is 107 Å². The van der Waals surface area contributed by atoms with Gasteiger partial charge in [-0.3, -0.25) is 14.4 Å². The predicted molar refractivity (Wildman–Crippen MR) is 227 cm³/mol. The average Bonchev–Trinajstić information content (AvgIpc) is 3.17. The molecule has 1 aliphatic carbocycles. The fourth-order valence-corrected chi connectivity index (χ4v) is 7.70. The Bertz CT molecular complexity index is 1890. The van der Waals surface area contributed by atoms with Gasteiger partial charge in [0.05, 0.1) is 0 Å². The van der Waals surface area contributed by atoms with Gasteiger partial charge >= 0.3 is 6.09 Å². The number of likely N-dealkylation sites (tertiary alicyclic amines) is 1. The first kappa shape index (κ1) is 43.1. The zero-order chi connectivity index (χ0) is 41.3. The number of amides is 4. The number of hydrogen-bond acceptors (Lipinski definition) is 7. The van der Waals surface area contributed by atoms with Crippen molar-refractivity contribution in [3.63, 3.8) is 0 Å². The lowest BCUT2D eigenvalue weighted by Gasteiger charge is -2.34. The molecule has 11 heteroatoms. The summed E-state index contributed by atoms with van der Waals surface area (Å²) in [6, 6.07) is 20.6. The summed E-state index contributed by atoms with van der Waals surface area (Å²) in [6.45, 7) is 16.1. The SMILES string of the molecule is CC(=N)c1ccc(NC(=O)[C@H](Cc2ccc(C)c(-c3cccc(C(=O)NC4CCN(C(C)C)CC4)c3)c2)NC(=O)C2CCC(CNC(=O)OC(C)(C)C)CC2)cc1. The smallest absolute Gasteiger partial charge is 0.407 e. The molecule has 4 amide bonds. The molecule has 0 aromatic heterocycles. The molecule has 0 unspecified atom stereocenters. The normalized spacial score (nSPS) is 18.3. The minimum absolute atomic E-state index is 0.0785. The van der Waals surface area contributed by atoms with Gasteiger partial charge < -0.3 is 36.3 Å². The van der Waals surface area contributed by atoms with E-state index in [1.165, 1.54) is 0 Å². The number of rotatable bonds is 13. The molecule has 1 saturated carbocycles. The van der Waals surface area contributed by atoms with E-state index in [9.17, 15) is 19.2 Å². The number of alkyl carbamates (subject to hydrolysis) is 1. The molecular formula is C46H62N6O5. The molecule has 5 N–H and O–H groups in total. The Hall–Kier alpha value is -5.03. The van der Waals surface area contributed by atoms with Crippen LogP contribution in [-0.2, 0) is 20.7 Å². The van der Waals surface area contributed by atoms with Crippen molar-refractivity contribution in [2.24, 2.45) is 11.8 Å². The van der Waals surface area contributed by atoms with Crippen LogP contribution in [0.2, 0.25) is 0 Å². The largest absolute Gasteiger partial charge is 0.444 e. The third kappa shape index (κ3) is 12.7. The highest BCUT2D eigenvalue weighted by atomic mass is 16.6. The van der Waals surface area contributed by atoms with Crippen molar-refractivity contribution in [2.45, 2.75) is 117 Å². The minimum atomic E-state index is -0.858. The molecule has 11 nitrogen and oxygen atoms in total. The molecule has 5 rings (SSSR count). The molecule has 2 aliphatic rings. The summed E-state index contributed by atoms with van der Waals surface area (Å²) in [4.78, 5) is 55.8. The number of nitrogens with one attached hydrogen (secondary N) is 5. The number of hydrogen-bond donors (Lipinski definition) is 5. The van der Waals surface area contributed by atoms with E-state index in [4.69, 9.17) is 10.1 Å². The van der Waals surface area contributed by atoms with Gasteiger partial charge in [0.15, 0.2) is 0 Å². The second-order valence-corrected chi connectivity index (χ2v) is 17.2. The predicted octanol–water partition coefficient (Wildman–Crippen LogP) is 7.65. The number of carbonyl (C=O) groups is 4. The first-order valence-corrected chi connectivity index (χ1v) is 20.5. The average molecular weight is 779 g/mol. The second kappa shape index (κ2) is 19.4. The van der Waals surface area contributed by atoms with Gasteiger partial charge in [-0.15, -0.1) is 0 Å².